The highest BCUT2D eigenvalue weighted by Gasteiger charge is 2.25. The molecular weight excluding hydrogens is 322 g/mol. The zero-order valence-corrected chi connectivity index (χ0v) is 14.7. The number of methoxy groups -OCH3 is 2. The fraction of sp³-hybridized carbons (Fsp3) is 0.353. The summed E-state index contributed by atoms with van der Waals surface area (Å²) >= 11 is 0. The summed E-state index contributed by atoms with van der Waals surface area (Å²) < 4.78 is 10.6. The number of hydrogen-bond acceptors (Lipinski definition) is 7. The third-order valence-electron chi connectivity index (χ3n) is 4.04. The molecule has 0 unspecified atom stereocenters. The second-order valence-corrected chi connectivity index (χ2v) is 5.85. The Hall–Kier alpha value is -3.03. The molecule has 132 valence electrons. The first-order valence-corrected chi connectivity index (χ1v) is 7.81. The Bertz CT molecular complexity index is 796. The lowest BCUT2D eigenvalue weighted by Gasteiger charge is -2.29. The first-order valence-electron chi connectivity index (χ1n) is 7.81. The molecule has 8 heteroatoms. The standard InChI is InChI=1S/C17H21N5O3/c1-21(8-11-5-6-12(24-3)13(7-11)25-4)16-15-17(19-10-18-16)22(2)9-14(23)20-15/h5-7,10H,8-9H2,1-4H3,(H,20,23). The van der Waals surface area contributed by atoms with Crippen LogP contribution < -0.4 is 24.6 Å². The van der Waals surface area contributed by atoms with Gasteiger partial charge in [0.2, 0.25) is 5.91 Å². The van der Waals surface area contributed by atoms with Crippen LogP contribution in [0.15, 0.2) is 24.5 Å². The van der Waals surface area contributed by atoms with Crippen LogP contribution in [0.1, 0.15) is 5.56 Å². The van der Waals surface area contributed by atoms with Crippen LogP contribution >= 0.6 is 0 Å². The number of benzene rings is 1. The summed E-state index contributed by atoms with van der Waals surface area (Å²) in [5.41, 5.74) is 1.66. The highest BCUT2D eigenvalue weighted by molar-refractivity contribution is 6.03. The topological polar surface area (TPSA) is 79.8 Å². The SMILES string of the molecule is COc1ccc(CN(C)c2ncnc3c2NC(=O)CN3C)cc1OC. The average molecular weight is 343 g/mol. The molecule has 1 aliphatic rings. The Balaban J connectivity index is 1.88. The Morgan fingerprint density at radius 3 is 2.72 bits per heavy atom. The Kier molecular flexibility index (Phi) is 4.60. The predicted octanol–water partition coefficient (Wildman–Crippen LogP) is 1.52. The minimum absolute atomic E-state index is 0.0782. The third kappa shape index (κ3) is 3.28. The molecular formula is C17H21N5O3. The fourth-order valence-corrected chi connectivity index (χ4v) is 2.85. The van der Waals surface area contributed by atoms with E-state index in [0.717, 1.165) is 5.56 Å². The van der Waals surface area contributed by atoms with E-state index in [1.165, 1.54) is 6.33 Å². The Morgan fingerprint density at radius 1 is 1.24 bits per heavy atom. The molecule has 2 heterocycles. The van der Waals surface area contributed by atoms with Crippen LogP contribution in [-0.4, -0.2) is 50.7 Å². The van der Waals surface area contributed by atoms with E-state index in [4.69, 9.17) is 9.47 Å². The number of ether oxygens (including phenoxy) is 2. The lowest BCUT2D eigenvalue weighted by atomic mass is 10.2. The van der Waals surface area contributed by atoms with Gasteiger partial charge in [-0.05, 0) is 17.7 Å². The summed E-state index contributed by atoms with van der Waals surface area (Å²) in [4.78, 5) is 24.3. The number of rotatable bonds is 5. The lowest BCUT2D eigenvalue weighted by molar-refractivity contribution is -0.115. The van der Waals surface area contributed by atoms with Crippen LogP contribution in [0.3, 0.4) is 0 Å². The molecule has 0 fully saturated rings. The number of anilines is 3. The summed E-state index contributed by atoms with van der Waals surface area (Å²) in [5.74, 6) is 2.65. The summed E-state index contributed by atoms with van der Waals surface area (Å²) in [5, 5.41) is 2.87. The maximum absolute atomic E-state index is 11.9. The number of nitrogens with one attached hydrogen (secondary N) is 1. The quantitative estimate of drug-likeness (QED) is 0.881. The summed E-state index contributed by atoms with van der Waals surface area (Å²) in [6.07, 6.45) is 1.51. The number of carbonyl (C=O) groups excluding carboxylic acids is 1. The van der Waals surface area contributed by atoms with Crippen LogP contribution in [0, 0.1) is 0 Å². The normalized spacial score (nSPS) is 13.1. The van der Waals surface area contributed by atoms with Gasteiger partial charge in [0.1, 0.15) is 12.0 Å². The number of carbonyl (C=O) groups is 1. The zero-order chi connectivity index (χ0) is 18.0. The van der Waals surface area contributed by atoms with Gasteiger partial charge in [0.15, 0.2) is 23.1 Å². The molecule has 25 heavy (non-hydrogen) atoms. The van der Waals surface area contributed by atoms with Crippen LogP contribution in [-0.2, 0) is 11.3 Å². The molecule has 0 saturated heterocycles. The van der Waals surface area contributed by atoms with E-state index in [1.807, 2.05) is 42.1 Å². The molecule has 1 aromatic carbocycles. The first kappa shape index (κ1) is 16.8. The van der Waals surface area contributed by atoms with Crippen molar-refractivity contribution in [3.8, 4) is 11.5 Å². The third-order valence-corrected chi connectivity index (χ3v) is 4.04. The molecule has 0 radical (unpaired) electrons. The van der Waals surface area contributed by atoms with Gasteiger partial charge >= 0.3 is 0 Å². The van der Waals surface area contributed by atoms with Crippen molar-refractivity contribution >= 4 is 23.2 Å². The van der Waals surface area contributed by atoms with Crippen LogP contribution in [0.5, 0.6) is 11.5 Å². The number of nitrogens with zero attached hydrogens (tertiary/aromatic N) is 4. The van der Waals surface area contributed by atoms with Gasteiger partial charge < -0.3 is 24.6 Å². The van der Waals surface area contributed by atoms with E-state index in [0.29, 0.717) is 35.4 Å². The number of aromatic nitrogens is 2. The monoisotopic (exact) mass is 343 g/mol. The van der Waals surface area contributed by atoms with Crippen molar-refractivity contribution in [2.24, 2.45) is 0 Å². The molecule has 0 atom stereocenters. The van der Waals surface area contributed by atoms with Gasteiger partial charge in [-0.2, -0.15) is 0 Å². The molecule has 3 rings (SSSR count). The van der Waals surface area contributed by atoms with Gasteiger partial charge in [-0.1, -0.05) is 6.07 Å². The van der Waals surface area contributed by atoms with Crippen molar-refractivity contribution in [1.82, 2.24) is 9.97 Å². The van der Waals surface area contributed by atoms with Crippen molar-refractivity contribution in [3.63, 3.8) is 0 Å². The van der Waals surface area contributed by atoms with Crippen LogP contribution in [0.2, 0.25) is 0 Å². The predicted molar refractivity (Wildman–Crippen MR) is 95.6 cm³/mol. The molecule has 2 aromatic rings. The van der Waals surface area contributed by atoms with E-state index in [9.17, 15) is 4.79 Å². The average Bonchev–Trinajstić information content (AvgIpc) is 2.61. The smallest absolute Gasteiger partial charge is 0.244 e. The number of amides is 1. The Labute approximate surface area is 146 Å². The Morgan fingerprint density at radius 2 is 2.00 bits per heavy atom. The van der Waals surface area contributed by atoms with Gasteiger partial charge in [-0.25, -0.2) is 9.97 Å². The lowest BCUT2D eigenvalue weighted by Crippen LogP contribution is -2.37. The van der Waals surface area contributed by atoms with Gasteiger partial charge in [0, 0.05) is 20.6 Å². The summed E-state index contributed by atoms with van der Waals surface area (Å²) in [7, 11) is 6.97. The van der Waals surface area contributed by atoms with E-state index >= 15 is 0 Å². The second kappa shape index (κ2) is 6.84. The molecule has 1 amide bonds. The van der Waals surface area contributed by atoms with Crippen molar-refractivity contribution in [2.75, 3.05) is 50.0 Å². The molecule has 8 nitrogen and oxygen atoms in total. The second-order valence-electron chi connectivity index (χ2n) is 5.85. The van der Waals surface area contributed by atoms with Crippen molar-refractivity contribution in [2.45, 2.75) is 6.54 Å². The van der Waals surface area contributed by atoms with Crippen LogP contribution in [0.25, 0.3) is 0 Å². The van der Waals surface area contributed by atoms with Crippen molar-refractivity contribution in [1.29, 1.82) is 0 Å². The van der Waals surface area contributed by atoms with Gasteiger partial charge in [0.25, 0.3) is 0 Å². The van der Waals surface area contributed by atoms with Gasteiger partial charge in [-0.3, -0.25) is 4.79 Å². The molecule has 1 N–H and O–H groups in total. The highest BCUT2D eigenvalue weighted by atomic mass is 16.5. The minimum atomic E-state index is -0.0782. The largest absolute Gasteiger partial charge is 0.493 e. The zero-order valence-electron chi connectivity index (χ0n) is 14.7. The van der Waals surface area contributed by atoms with Crippen molar-refractivity contribution in [3.05, 3.63) is 30.1 Å². The van der Waals surface area contributed by atoms with E-state index in [1.54, 1.807) is 14.2 Å². The van der Waals surface area contributed by atoms with Gasteiger partial charge in [-0.15, -0.1) is 0 Å². The number of likely N-dealkylation sites (N-methyl/N-ethyl adjacent to an activating group) is 1. The minimum Gasteiger partial charge on any atom is -0.493 e. The number of hydrogen-bond donors (Lipinski definition) is 1. The molecule has 1 aliphatic heterocycles. The molecule has 0 spiro atoms. The maximum atomic E-state index is 11.9. The molecule has 0 saturated carbocycles. The van der Waals surface area contributed by atoms with Crippen molar-refractivity contribution < 1.29 is 14.3 Å². The highest BCUT2D eigenvalue weighted by Crippen LogP contribution is 2.34. The van der Waals surface area contributed by atoms with E-state index in [2.05, 4.69) is 15.3 Å². The summed E-state index contributed by atoms with van der Waals surface area (Å²) in [6, 6.07) is 5.76. The molecule has 0 bridgehead atoms. The molecule has 0 aliphatic carbocycles. The molecule has 1 aromatic heterocycles. The van der Waals surface area contributed by atoms with E-state index < -0.39 is 0 Å². The maximum Gasteiger partial charge on any atom is 0.244 e. The van der Waals surface area contributed by atoms with Gasteiger partial charge in [0.05, 0.1) is 20.8 Å². The first-order chi connectivity index (χ1) is 12.0. The number of fused-ring (bicyclic) bond motifs is 1. The fourth-order valence-electron chi connectivity index (χ4n) is 2.85. The van der Waals surface area contributed by atoms with Crippen LogP contribution in [0.4, 0.5) is 17.3 Å². The van der Waals surface area contributed by atoms with E-state index in [-0.39, 0.29) is 12.5 Å². The summed E-state index contributed by atoms with van der Waals surface area (Å²) in [6.45, 7) is 0.867.